The van der Waals surface area contributed by atoms with Crippen molar-refractivity contribution in [3.8, 4) is 0 Å². The molecule has 0 saturated carbocycles. The summed E-state index contributed by atoms with van der Waals surface area (Å²) in [5, 5.41) is 4.79. The van der Waals surface area contributed by atoms with Gasteiger partial charge in [0.15, 0.2) is 0 Å². The van der Waals surface area contributed by atoms with Gasteiger partial charge in [-0.25, -0.2) is 4.39 Å². The highest BCUT2D eigenvalue weighted by molar-refractivity contribution is 9.11. The van der Waals surface area contributed by atoms with Gasteiger partial charge in [-0.1, -0.05) is 24.3 Å². The summed E-state index contributed by atoms with van der Waals surface area (Å²) >= 11 is 5.37. The number of rotatable bonds is 6. The molecule has 0 saturated heterocycles. The molecule has 1 unspecified atom stereocenters. The van der Waals surface area contributed by atoms with E-state index in [1.54, 1.807) is 30.3 Å². The molecule has 0 aromatic heterocycles. The van der Waals surface area contributed by atoms with Crippen LogP contribution in [0.2, 0.25) is 0 Å². The number of hydrogen-bond acceptors (Lipinski definition) is 2. The van der Waals surface area contributed by atoms with Gasteiger partial charge in [0.1, 0.15) is 0 Å². The highest BCUT2D eigenvalue weighted by Gasteiger charge is 2.81. The van der Waals surface area contributed by atoms with Crippen molar-refractivity contribution in [2.24, 2.45) is 0 Å². The average Bonchev–Trinajstić information content (AvgIpc) is 2.84. The zero-order valence-electron chi connectivity index (χ0n) is 18.8. The Balaban J connectivity index is 1.92. The average molecular weight is 692 g/mol. The summed E-state index contributed by atoms with van der Waals surface area (Å²) in [6, 6.07) is 13.5. The summed E-state index contributed by atoms with van der Waals surface area (Å²) in [5.41, 5.74) is -8.20. The lowest BCUT2D eigenvalue weighted by Gasteiger charge is -2.36. The van der Waals surface area contributed by atoms with Crippen molar-refractivity contribution in [2.75, 3.05) is 10.6 Å². The first-order valence-electron chi connectivity index (χ1n) is 10.4. The fraction of sp³-hybridized carbons (Fsp3) is 0.167. The molecule has 0 heterocycles. The Kier molecular flexibility index (Phi) is 8.46. The predicted octanol–water partition coefficient (Wildman–Crippen LogP) is 8.64. The summed E-state index contributed by atoms with van der Waals surface area (Å²) in [5.74, 6) is -8.26. The van der Waals surface area contributed by atoms with Crippen molar-refractivity contribution >= 4 is 55.0 Å². The molecular formula is C24H13Br2F9N2O2. The zero-order valence-corrected chi connectivity index (χ0v) is 22.0. The summed E-state index contributed by atoms with van der Waals surface area (Å²) < 4.78 is 120. The van der Waals surface area contributed by atoms with Crippen LogP contribution < -0.4 is 10.6 Å². The van der Waals surface area contributed by atoms with E-state index in [0.29, 0.717) is 5.56 Å². The molecule has 208 valence electrons. The second kappa shape index (κ2) is 10.8. The molecule has 0 aliphatic heterocycles. The number of carbonyl (C=O) groups is 2. The van der Waals surface area contributed by atoms with Crippen LogP contribution in [-0.4, -0.2) is 30.1 Å². The van der Waals surface area contributed by atoms with Crippen molar-refractivity contribution < 1.29 is 49.1 Å². The maximum absolute atomic E-state index is 14.8. The van der Waals surface area contributed by atoms with E-state index < -0.39 is 56.0 Å². The van der Waals surface area contributed by atoms with Crippen LogP contribution in [0, 0.1) is 0 Å². The second-order valence-electron chi connectivity index (χ2n) is 7.90. The highest BCUT2D eigenvalue weighted by Crippen LogP contribution is 2.59. The molecule has 3 aromatic rings. The lowest BCUT2D eigenvalue weighted by Crippen LogP contribution is -2.59. The SMILES string of the molecule is O=C(Nc1cccc(C(=O)Nc2c(Br)cc(C(F)(C(F)(F)F)C(F)(F)C(F)(F)F)cc2Br)c1)c1ccccc1. The molecule has 0 fully saturated rings. The van der Waals surface area contributed by atoms with Crippen LogP contribution in [-0.2, 0) is 5.67 Å². The summed E-state index contributed by atoms with van der Waals surface area (Å²) in [7, 11) is 0. The number of amides is 2. The molecule has 2 N–H and O–H groups in total. The zero-order chi connectivity index (χ0) is 29.4. The first-order chi connectivity index (χ1) is 17.9. The number of benzene rings is 3. The van der Waals surface area contributed by atoms with Crippen molar-refractivity contribution in [3.05, 3.63) is 92.4 Å². The van der Waals surface area contributed by atoms with Gasteiger partial charge in [0.25, 0.3) is 11.8 Å². The number of anilines is 2. The molecule has 4 nitrogen and oxygen atoms in total. The minimum Gasteiger partial charge on any atom is -0.322 e. The van der Waals surface area contributed by atoms with E-state index in [1.807, 2.05) is 0 Å². The van der Waals surface area contributed by atoms with Crippen LogP contribution in [0.25, 0.3) is 0 Å². The largest absolute Gasteiger partial charge is 0.457 e. The van der Waals surface area contributed by atoms with Crippen molar-refractivity contribution in [1.82, 2.24) is 0 Å². The molecule has 0 aliphatic carbocycles. The Labute approximate surface area is 230 Å². The Hall–Kier alpha value is -3.07. The minimum absolute atomic E-state index is 0.0595. The maximum Gasteiger partial charge on any atom is 0.457 e. The molecule has 0 bridgehead atoms. The normalized spacial score (nSPS) is 13.9. The quantitative estimate of drug-likeness (QED) is 0.254. The number of alkyl halides is 9. The van der Waals surface area contributed by atoms with Crippen LogP contribution in [0.4, 0.5) is 50.9 Å². The Morgan fingerprint density at radius 2 is 1.13 bits per heavy atom. The summed E-state index contributed by atoms with van der Waals surface area (Å²) in [6.45, 7) is 0. The first kappa shape index (κ1) is 30.5. The highest BCUT2D eigenvalue weighted by atomic mass is 79.9. The molecule has 0 radical (unpaired) electrons. The monoisotopic (exact) mass is 690 g/mol. The fourth-order valence-corrected chi connectivity index (χ4v) is 4.71. The smallest absolute Gasteiger partial charge is 0.322 e. The van der Waals surface area contributed by atoms with E-state index in [-0.39, 0.29) is 23.4 Å². The minimum atomic E-state index is -6.88. The van der Waals surface area contributed by atoms with Crippen molar-refractivity contribution in [2.45, 2.75) is 23.9 Å². The number of halogens is 11. The van der Waals surface area contributed by atoms with Gasteiger partial charge in [0.2, 0.25) is 0 Å². The molecule has 3 aromatic carbocycles. The Morgan fingerprint density at radius 3 is 1.64 bits per heavy atom. The van der Waals surface area contributed by atoms with Crippen molar-refractivity contribution in [3.63, 3.8) is 0 Å². The third-order valence-corrected chi connectivity index (χ3v) is 6.53. The Bertz CT molecular complexity index is 1370. The molecule has 1 atom stereocenters. The topological polar surface area (TPSA) is 58.2 Å². The molecule has 0 aliphatic rings. The molecule has 0 spiro atoms. The third kappa shape index (κ3) is 5.93. The molecule has 2 amide bonds. The van der Waals surface area contributed by atoms with Gasteiger partial charge in [0, 0.05) is 31.3 Å². The van der Waals surface area contributed by atoms with Gasteiger partial charge < -0.3 is 10.6 Å². The summed E-state index contributed by atoms with van der Waals surface area (Å²) in [6.07, 6.45) is -13.6. The second-order valence-corrected chi connectivity index (χ2v) is 9.61. The van der Waals surface area contributed by atoms with Crippen LogP contribution >= 0.6 is 31.9 Å². The van der Waals surface area contributed by atoms with Gasteiger partial charge in [0.05, 0.1) is 5.69 Å². The van der Waals surface area contributed by atoms with E-state index in [2.05, 4.69) is 42.5 Å². The third-order valence-electron chi connectivity index (χ3n) is 5.28. The van der Waals surface area contributed by atoms with E-state index in [1.165, 1.54) is 24.3 Å². The van der Waals surface area contributed by atoms with Gasteiger partial charge in [-0.15, -0.1) is 0 Å². The molecule has 3 rings (SSSR count). The maximum atomic E-state index is 14.8. The van der Waals surface area contributed by atoms with Crippen LogP contribution in [0.3, 0.4) is 0 Å². The predicted molar refractivity (Wildman–Crippen MR) is 130 cm³/mol. The number of carbonyl (C=O) groups excluding carboxylic acids is 2. The molecule has 39 heavy (non-hydrogen) atoms. The van der Waals surface area contributed by atoms with Gasteiger partial charge in [-0.3, -0.25) is 9.59 Å². The van der Waals surface area contributed by atoms with Crippen LogP contribution in [0.5, 0.6) is 0 Å². The van der Waals surface area contributed by atoms with E-state index in [4.69, 9.17) is 0 Å². The number of hydrogen-bond donors (Lipinski definition) is 2. The lowest BCUT2D eigenvalue weighted by molar-refractivity contribution is -0.389. The Morgan fingerprint density at radius 1 is 0.615 bits per heavy atom. The van der Waals surface area contributed by atoms with Crippen molar-refractivity contribution in [1.29, 1.82) is 0 Å². The van der Waals surface area contributed by atoms with Gasteiger partial charge in [-0.2, -0.15) is 35.1 Å². The first-order valence-corrected chi connectivity index (χ1v) is 12.0. The van der Waals surface area contributed by atoms with Crippen LogP contribution in [0.15, 0.2) is 75.7 Å². The number of nitrogens with one attached hydrogen (secondary N) is 2. The fourth-order valence-electron chi connectivity index (χ4n) is 3.33. The van der Waals surface area contributed by atoms with Gasteiger partial charge in [-0.05, 0) is 74.3 Å². The summed E-state index contributed by atoms with van der Waals surface area (Å²) in [4.78, 5) is 25.1. The standard InChI is InChI=1S/C24H13Br2F9N2O2/c25-16-10-14(21(27,23(30,31)32)22(28,29)24(33,34)35)11-17(26)18(16)37-20(39)13-7-4-8-15(9-13)36-19(38)12-5-2-1-3-6-12/h1-11H,(H,36,38)(H,37,39). The van der Waals surface area contributed by atoms with E-state index >= 15 is 0 Å². The molecule has 15 heteroatoms. The van der Waals surface area contributed by atoms with Gasteiger partial charge >= 0.3 is 23.9 Å². The van der Waals surface area contributed by atoms with E-state index in [0.717, 1.165) is 0 Å². The van der Waals surface area contributed by atoms with E-state index in [9.17, 15) is 49.1 Å². The van der Waals surface area contributed by atoms with Crippen LogP contribution in [0.1, 0.15) is 26.3 Å². The lowest BCUT2D eigenvalue weighted by atomic mass is 9.87. The molecular weight excluding hydrogens is 679 g/mol.